The van der Waals surface area contributed by atoms with Crippen LogP contribution in [0.1, 0.15) is 12.8 Å². The molecular weight excluding hydrogens is 198 g/mol. The summed E-state index contributed by atoms with van der Waals surface area (Å²) in [6, 6.07) is 8.59. The normalized spacial score (nSPS) is 15.8. The van der Waals surface area contributed by atoms with Gasteiger partial charge in [-0.05, 0) is 18.9 Å². The number of nitrogens with zero attached hydrogens (tertiary/aromatic N) is 2. The second-order valence-corrected chi connectivity index (χ2v) is 4.06. The third-order valence-corrected chi connectivity index (χ3v) is 2.91. The van der Waals surface area contributed by atoms with Crippen LogP contribution in [0, 0.1) is 0 Å². The Morgan fingerprint density at radius 3 is 2.81 bits per heavy atom. The van der Waals surface area contributed by atoms with Crippen LogP contribution in [0.2, 0.25) is 0 Å². The van der Waals surface area contributed by atoms with E-state index in [0.717, 1.165) is 29.4 Å². The van der Waals surface area contributed by atoms with Crippen LogP contribution >= 0.6 is 0 Å². The number of fused-ring (bicyclic) bond motifs is 1. The highest BCUT2D eigenvalue weighted by molar-refractivity contribution is 5.90. The Labute approximate surface area is 94.2 Å². The van der Waals surface area contributed by atoms with Crippen LogP contribution in [0.5, 0.6) is 0 Å². The van der Waals surface area contributed by atoms with E-state index < -0.39 is 0 Å². The average molecular weight is 211 g/mol. The summed E-state index contributed by atoms with van der Waals surface area (Å²) in [4.78, 5) is 0. The van der Waals surface area contributed by atoms with E-state index in [1.54, 1.807) is 6.20 Å². The summed E-state index contributed by atoms with van der Waals surface area (Å²) in [5, 5.41) is 12.8. The number of hydrogen-bond acceptors (Lipinski definition) is 3. The molecule has 0 aliphatic heterocycles. The maximum atomic E-state index is 4.11. The minimum Gasteiger partial charge on any atom is -0.380 e. The number of benzene rings is 1. The van der Waals surface area contributed by atoms with E-state index in [1.807, 2.05) is 18.2 Å². The van der Waals surface area contributed by atoms with Crippen molar-refractivity contribution in [3.8, 4) is 0 Å². The third-order valence-electron chi connectivity index (χ3n) is 2.91. The van der Waals surface area contributed by atoms with E-state index in [-0.39, 0.29) is 0 Å². The maximum absolute atomic E-state index is 4.11. The van der Waals surface area contributed by atoms with Crippen LogP contribution in [-0.4, -0.2) is 16.2 Å². The topological polar surface area (TPSA) is 37.8 Å². The van der Waals surface area contributed by atoms with Crippen molar-refractivity contribution in [2.24, 2.45) is 0 Å². The van der Waals surface area contributed by atoms with Gasteiger partial charge in [0.25, 0.3) is 0 Å². The molecule has 0 fully saturated rings. The van der Waals surface area contributed by atoms with Crippen LogP contribution in [0.4, 0.5) is 5.69 Å². The van der Waals surface area contributed by atoms with Gasteiger partial charge in [-0.25, -0.2) is 0 Å². The minimum absolute atomic E-state index is 0.507. The molecule has 0 atom stereocenters. The van der Waals surface area contributed by atoms with E-state index >= 15 is 0 Å². The number of hydrogen-bond donors (Lipinski definition) is 1. The summed E-state index contributed by atoms with van der Waals surface area (Å²) in [6.45, 7) is 0. The molecule has 1 aromatic heterocycles. The van der Waals surface area contributed by atoms with Gasteiger partial charge < -0.3 is 5.32 Å². The Hall–Kier alpha value is -1.90. The molecule has 16 heavy (non-hydrogen) atoms. The summed E-state index contributed by atoms with van der Waals surface area (Å²) in [5.41, 5.74) is 2.03. The Balaban J connectivity index is 1.96. The van der Waals surface area contributed by atoms with Crippen molar-refractivity contribution in [3.63, 3.8) is 0 Å². The van der Waals surface area contributed by atoms with Crippen molar-refractivity contribution < 1.29 is 0 Å². The van der Waals surface area contributed by atoms with Gasteiger partial charge in [0, 0.05) is 11.4 Å². The Morgan fingerprint density at radius 1 is 1.12 bits per heavy atom. The van der Waals surface area contributed by atoms with Gasteiger partial charge in [0.05, 0.1) is 17.4 Å². The first-order valence-electron chi connectivity index (χ1n) is 5.55. The van der Waals surface area contributed by atoms with E-state index in [9.17, 15) is 0 Å². The van der Waals surface area contributed by atoms with E-state index in [4.69, 9.17) is 0 Å². The summed E-state index contributed by atoms with van der Waals surface area (Å²) >= 11 is 0. The van der Waals surface area contributed by atoms with Gasteiger partial charge in [0.15, 0.2) is 0 Å². The summed E-state index contributed by atoms with van der Waals surface area (Å²) in [7, 11) is 0. The lowest BCUT2D eigenvalue weighted by Crippen LogP contribution is -2.15. The molecule has 1 aliphatic rings. The predicted octanol–water partition coefficient (Wildman–Crippen LogP) is 2.76. The third kappa shape index (κ3) is 1.65. The smallest absolute Gasteiger partial charge is 0.0950 e. The fourth-order valence-electron chi connectivity index (χ4n) is 2.08. The zero-order valence-corrected chi connectivity index (χ0v) is 8.93. The fraction of sp³-hybridized carbons (Fsp3) is 0.231. The summed E-state index contributed by atoms with van der Waals surface area (Å²) < 4.78 is 0. The first-order chi connectivity index (χ1) is 7.93. The van der Waals surface area contributed by atoms with Gasteiger partial charge in [-0.1, -0.05) is 30.4 Å². The highest BCUT2D eigenvalue weighted by Gasteiger charge is 2.11. The lowest BCUT2D eigenvalue weighted by atomic mass is 10.1. The van der Waals surface area contributed by atoms with Crippen molar-refractivity contribution in [1.29, 1.82) is 0 Å². The number of nitrogens with one attached hydrogen (secondary N) is 1. The van der Waals surface area contributed by atoms with E-state index in [1.165, 1.54) is 0 Å². The molecule has 0 saturated carbocycles. The Kier molecular flexibility index (Phi) is 2.29. The van der Waals surface area contributed by atoms with Gasteiger partial charge in [-0.15, -0.1) is 0 Å². The molecule has 1 aromatic carbocycles. The van der Waals surface area contributed by atoms with Crippen molar-refractivity contribution in [2.75, 3.05) is 5.32 Å². The molecule has 0 bridgehead atoms. The molecular formula is C13H13N3. The lowest BCUT2D eigenvalue weighted by Gasteiger charge is -2.14. The summed E-state index contributed by atoms with van der Waals surface area (Å²) in [6.07, 6.45) is 8.43. The molecule has 0 spiro atoms. The van der Waals surface area contributed by atoms with E-state index in [0.29, 0.717) is 6.04 Å². The van der Waals surface area contributed by atoms with Gasteiger partial charge in [0.2, 0.25) is 0 Å². The SMILES string of the molecule is C1=CCC(Nc2cnnc3ccccc23)C1. The standard InChI is InChI=1S/C13H13N3/c1-2-6-10(5-1)15-13-9-14-16-12-8-4-3-7-11(12)13/h1-4,7-10H,5-6H2,(H,15,16). The highest BCUT2D eigenvalue weighted by atomic mass is 15.1. The second kappa shape index (κ2) is 3.93. The zero-order valence-electron chi connectivity index (χ0n) is 8.93. The van der Waals surface area contributed by atoms with E-state index in [2.05, 4.69) is 33.7 Å². The van der Waals surface area contributed by atoms with Gasteiger partial charge in [-0.3, -0.25) is 0 Å². The van der Waals surface area contributed by atoms with Crippen LogP contribution in [-0.2, 0) is 0 Å². The molecule has 0 saturated heterocycles. The van der Waals surface area contributed by atoms with Crippen LogP contribution in [0.15, 0.2) is 42.6 Å². The lowest BCUT2D eigenvalue weighted by molar-refractivity contribution is 0.786. The molecule has 0 amide bonds. The maximum Gasteiger partial charge on any atom is 0.0950 e. The highest BCUT2D eigenvalue weighted by Crippen LogP contribution is 2.23. The van der Waals surface area contributed by atoms with Crippen molar-refractivity contribution in [1.82, 2.24) is 10.2 Å². The Morgan fingerprint density at radius 2 is 1.94 bits per heavy atom. The fourth-order valence-corrected chi connectivity index (χ4v) is 2.08. The van der Waals surface area contributed by atoms with Gasteiger partial charge >= 0.3 is 0 Å². The molecule has 2 aromatic rings. The second-order valence-electron chi connectivity index (χ2n) is 4.06. The van der Waals surface area contributed by atoms with Crippen molar-refractivity contribution >= 4 is 16.6 Å². The molecule has 3 rings (SSSR count). The predicted molar refractivity (Wildman–Crippen MR) is 65.3 cm³/mol. The first kappa shape index (κ1) is 9.33. The molecule has 1 heterocycles. The molecule has 0 radical (unpaired) electrons. The molecule has 1 N–H and O–H groups in total. The quantitative estimate of drug-likeness (QED) is 0.776. The molecule has 0 unspecified atom stereocenters. The van der Waals surface area contributed by atoms with Crippen LogP contribution in [0.25, 0.3) is 10.9 Å². The van der Waals surface area contributed by atoms with Gasteiger partial charge in [-0.2, -0.15) is 10.2 Å². The Bertz CT molecular complexity index is 520. The minimum atomic E-state index is 0.507. The van der Waals surface area contributed by atoms with Crippen molar-refractivity contribution in [2.45, 2.75) is 18.9 Å². The largest absolute Gasteiger partial charge is 0.380 e. The van der Waals surface area contributed by atoms with Crippen LogP contribution in [0.3, 0.4) is 0 Å². The number of rotatable bonds is 2. The molecule has 80 valence electrons. The van der Waals surface area contributed by atoms with Crippen molar-refractivity contribution in [3.05, 3.63) is 42.6 Å². The zero-order chi connectivity index (χ0) is 10.8. The number of anilines is 1. The number of aromatic nitrogens is 2. The molecule has 3 heteroatoms. The molecule has 3 nitrogen and oxygen atoms in total. The summed E-state index contributed by atoms with van der Waals surface area (Å²) in [5.74, 6) is 0. The first-order valence-corrected chi connectivity index (χ1v) is 5.55. The monoisotopic (exact) mass is 211 g/mol. The average Bonchev–Trinajstić information content (AvgIpc) is 2.82. The molecule has 1 aliphatic carbocycles. The van der Waals surface area contributed by atoms with Gasteiger partial charge in [0.1, 0.15) is 0 Å². The van der Waals surface area contributed by atoms with Crippen LogP contribution < -0.4 is 5.32 Å².